The SMILES string of the molecule is CC(/N=C1/Nc2cccc3cccc1c23)OCc1cccnc1.O=C(O)/C=C/C(=O)O. The van der Waals surface area contributed by atoms with E-state index in [0.717, 1.165) is 22.6 Å². The molecule has 0 fully saturated rings. The molecule has 4 rings (SSSR count). The van der Waals surface area contributed by atoms with E-state index < -0.39 is 11.9 Å². The summed E-state index contributed by atoms with van der Waals surface area (Å²) < 4.78 is 5.82. The molecule has 0 radical (unpaired) electrons. The zero-order valence-corrected chi connectivity index (χ0v) is 16.7. The normalized spacial score (nSPS) is 14.2. The van der Waals surface area contributed by atoms with Gasteiger partial charge in [-0.25, -0.2) is 14.6 Å². The van der Waals surface area contributed by atoms with E-state index in [9.17, 15) is 9.59 Å². The second-order valence-electron chi connectivity index (χ2n) is 6.59. The van der Waals surface area contributed by atoms with Gasteiger partial charge in [0.25, 0.3) is 0 Å². The number of pyridine rings is 1. The molecule has 31 heavy (non-hydrogen) atoms. The first-order valence-electron chi connectivity index (χ1n) is 9.45. The van der Waals surface area contributed by atoms with E-state index in [1.165, 1.54) is 10.8 Å². The van der Waals surface area contributed by atoms with Crippen LogP contribution in [-0.4, -0.2) is 39.2 Å². The Morgan fingerprint density at radius 3 is 2.45 bits per heavy atom. The third-order valence-corrected chi connectivity index (χ3v) is 4.31. The largest absolute Gasteiger partial charge is 0.478 e. The molecule has 0 saturated heterocycles. The zero-order chi connectivity index (χ0) is 22.2. The van der Waals surface area contributed by atoms with E-state index in [2.05, 4.69) is 46.7 Å². The molecule has 1 aromatic heterocycles. The number of carboxylic acid groups (broad SMARTS) is 2. The number of aromatic nitrogens is 1. The number of hydrogen-bond acceptors (Lipinski definition) is 5. The number of rotatable bonds is 6. The lowest BCUT2D eigenvalue weighted by molar-refractivity contribution is -0.134. The molecule has 0 spiro atoms. The standard InChI is InChI=1S/C19H17N3O.C4H4O4/c1-13(23-12-14-5-4-10-20-11-14)21-19-16-8-2-6-15-7-3-9-17(22-19)18(15)16;5-3(6)1-2-4(7)8/h2-11,13H,12H2,1H3,(H,21,22);1-2H,(H,5,6)(H,7,8)/b;2-1+. The molecule has 0 saturated carbocycles. The average Bonchev–Trinajstić information content (AvgIpc) is 3.11. The van der Waals surface area contributed by atoms with Gasteiger partial charge in [0.15, 0.2) is 0 Å². The molecule has 8 nitrogen and oxygen atoms in total. The molecule has 3 aromatic rings. The molecule has 2 heterocycles. The number of nitrogens with zero attached hydrogens (tertiary/aromatic N) is 2. The fraction of sp³-hybridized carbons (Fsp3) is 0.130. The van der Waals surface area contributed by atoms with Crippen molar-refractivity contribution in [3.63, 3.8) is 0 Å². The van der Waals surface area contributed by atoms with Gasteiger partial charge in [-0.15, -0.1) is 0 Å². The maximum atomic E-state index is 9.55. The van der Waals surface area contributed by atoms with Crippen molar-refractivity contribution < 1.29 is 24.5 Å². The summed E-state index contributed by atoms with van der Waals surface area (Å²) in [5.74, 6) is -1.64. The first kappa shape index (κ1) is 21.7. The minimum atomic E-state index is -1.26. The minimum absolute atomic E-state index is 0.234. The van der Waals surface area contributed by atoms with Crippen molar-refractivity contribution in [2.45, 2.75) is 19.8 Å². The monoisotopic (exact) mass is 419 g/mol. The number of benzene rings is 2. The summed E-state index contributed by atoms with van der Waals surface area (Å²) in [6.07, 6.45) is 4.45. The highest BCUT2D eigenvalue weighted by atomic mass is 16.5. The van der Waals surface area contributed by atoms with Crippen LogP contribution in [0.2, 0.25) is 0 Å². The van der Waals surface area contributed by atoms with Gasteiger partial charge in [0, 0.05) is 41.2 Å². The fourth-order valence-electron chi connectivity index (χ4n) is 3.00. The predicted molar refractivity (Wildman–Crippen MR) is 117 cm³/mol. The van der Waals surface area contributed by atoms with Crippen molar-refractivity contribution >= 4 is 34.2 Å². The molecule has 158 valence electrons. The summed E-state index contributed by atoms with van der Waals surface area (Å²) in [5, 5.41) is 21.5. The number of ether oxygens (including phenoxy) is 1. The number of anilines is 1. The molecule has 1 aliphatic heterocycles. The van der Waals surface area contributed by atoms with Crippen LogP contribution in [0.5, 0.6) is 0 Å². The number of amidine groups is 1. The highest BCUT2D eigenvalue weighted by Crippen LogP contribution is 2.33. The van der Waals surface area contributed by atoms with Crippen LogP contribution in [-0.2, 0) is 20.9 Å². The molecule has 0 bridgehead atoms. The van der Waals surface area contributed by atoms with E-state index in [1.807, 2.05) is 25.3 Å². The Hall–Kier alpha value is -4.04. The smallest absolute Gasteiger partial charge is 0.328 e. The van der Waals surface area contributed by atoms with Crippen LogP contribution in [0.3, 0.4) is 0 Å². The van der Waals surface area contributed by atoms with Gasteiger partial charge in [-0.1, -0.05) is 36.4 Å². The minimum Gasteiger partial charge on any atom is -0.478 e. The van der Waals surface area contributed by atoms with Gasteiger partial charge in [-0.3, -0.25) is 4.98 Å². The van der Waals surface area contributed by atoms with Crippen molar-refractivity contribution in [1.29, 1.82) is 0 Å². The molecule has 1 unspecified atom stereocenters. The summed E-state index contributed by atoms with van der Waals surface area (Å²) >= 11 is 0. The third-order valence-electron chi connectivity index (χ3n) is 4.31. The Morgan fingerprint density at radius 2 is 1.81 bits per heavy atom. The molecule has 1 atom stereocenters. The molecule has 2 aromatic carbocycles. The second-order valence-corrected chi connectivity index (χ2v) is 6.59. The fourth-order valence-corrected chi connectivity index (χ4v) is 3.00. The van der Waals surface area contributed by atoms with E-state index in [1.54, 1.807) is 6.20 Å². The molecular weight excluding hydrogens is 398 g/mol. The number of nitrogens with one attached hydrogen (secondary N) is 1. The summed E-state index contributed by atoms with van der Waals surface area (Å²) in [5.41, 5.74) is 3.29. The lowest BCUT2D eigenvalue weighted by Gasteiger charge is -2.10. The van der Waals surface area contributed by atoms with Gasteiger partial charge in [0.05, 0.1) is 6.61 Å². The van der Waals surface area contributed by atoms with Gasteiger partial charge < -0.3 is 20.3 Å². The van der Waals surface area contributed by atoms with Crippen molar-refractivity contribution in [3.8, 4) is 0 Å². The van der Waals surface area contributed by atoms with Gasteiger partial charge in [0.1, 0.15) is 12.1 Å². The van der Waals surface area contributed by atoms with Gasteiger partial charge >= 0.3 is 11.9 Å². The Morgan fingerprint density at radius 1 is 1.10 bits per heavy atom. The number of aliphatic imine (C=N–C) groups is 1. The van der Waals surface area contributed by atoms with Gasteiger partial charge in [-0.05, 0) is 30.0 Å². The van der Waals surface area contributed by atoms with Crippen molar-refractivity contribution in [2.24, 2.45) is 4.99 Å². The first-order chi connectivity index (χ1) is 14.9. The highest BCUT2D eigenvalue weighted by Gasteiger charge is 2.19. The summed E-state index contributed by atoms with van der Waals surface area (Å²) in [6.45, 7) is 2.46. The van der Waals surface area contributed by atoms with Crippen LogP contribution in [0.15, 0.2) is 78.1 Å². The average molecular weight is 419 g/mol. The van der Waals surface area contributed by atoms with E-state index in [4.69, 9.17) is 19.9 Å². The van der Waals surface area contributed by atoms with Gasteiger partial charge in [0.2, 0.25) is 0 Å². The molecule has 1 aliphatic rings. The van der Waals surface area contributed by atoms with Gasteiger partial charge in [-0.2, -0.15) is 0 Å². The highest BCUT2D eigenvalue weighted by molar-refractivity contribution is 6.26. The Labute approximate surface area is 178 Å². The van der Waals surface area contributed by atoms with Crippen LogP contribution in [0.1, 0.15) is 18.1 Å². The third kappa shape index (κ3) is 5.97. The lowest BCUT2D eigenvalue weighted by Crippen LogP contribution is -2.14. The van der Waals surface area contributed by atoms with Crippen molar-refractivity contribution in [2.75, 3.05) is 5.32 Å². The van der Waals surface area contributed by atoms with Crippen LogP contribution in [0, 0.1) is 0 Å². The first-order valence-corrected chi connectivity index (χ1v) is 9.45. The maximum Gasteiger partial charge on any atom is 0.328 e. The molecular formula is C23H21N3O5. The summed E-state index contributed by atoms with van der Waals surface area (Å²) in [4.78, 5) is 27.9. The van der Waals surface area contributed by atoms with Crippen LogP contribution >= 0.6 is 0 Å². The second kappa shape index (κ2) is 10.1. The molecule has 8 heteroatoms. The zero-order valence-electron chi connectivity index (χ0n) is 16.7. The quantitative estimate of drug-likeness (QED) is 0.521. The summed E-state index contributed by atoms with van der Waals surface area (Å²) in [7, 11) is 0. The Kier molecular flexibility index (Phi) is 7.08. The number of aliphatic carboxylic acids is 2. The number of hydrogen-bond donors (Lipinski definition) is 3. The van der Waals surface area contributed by atoms with Crippen LogP contribution in [0.4, 0.5) is 5.69 Å². The topological polar surface area (TPSA) is 121 Å². The molecule has 3 N–H and O–H groups in total. The van der Waals surface area contributed by atoms with E-state index in [-0.39, 0.29) is 6.23 Å². The Balaban J connectivity index is 0.000000293. The lowest BCUT2D eigenvalue weighted by atomic mass is 10.1. The van der Waals surface area contributed by atoms with E-state index >= 15 is 0 Å². The van der Waals surface area contributed by atoms with Crippen LogP contribution < -0.4 is 5.32 Å². The molecule has 0 amide bonds. The number of carboxylic acids is 2. The maximum absolute atomic E-state index is 9.55. The Bertz CT molecular complexity index is 1120. The van der Waals surface area contributed by atoms with Crippen molar-refractivity contribution in [3.05, 3.63) is 84.2 Å². The molecule has 0 aliphatic carbocycles. The van der Waals surface area contributed by atoms with Crippen molar-refractivity contribution in [1.82, 2.24) is 4.98 Å². The number of carbonyl (C=O) groups is 2. The van der Waals surface area contributed by atoms with Crippen LogP contribution in [0.25, 0.3) is 10.8 Å². The summed E-state index contributed by atoms with van der Waals surface area (Å²) in [6, 6.07) is 16.4. The predicted octanol–water partition coefficient (Wildman–Crippen LogP) is 3.68. The van der Waals surface area contributed by atoms with E-state index in [0.29, 0.717) is 18.8 Å².